The van der Waals surface area contributed by atoms with Crippen LogP contribution in [0.25, 0.3) is 0 Å². The molecule has 1 aromatic rings. The Labute approximate surface area is 139 Å². The van der Waals surface area contributed by atoms with Crippen molar-refractivity contribution in [2.24, 2.45) is 0 Å². The Balaban J connectivity index is 1.57. The molecule has 2 aliphatic heterocycles. The summed E-state index contributed by atoms with van der Waals surface area (Å²) < 4.78 is 0. The number of carbonyl (C=O) groups excluding carboxylic acids is 2. The molecule has 0 saturated carbocycles. The molecule has 0 aromatic carbocycles. The lowest BCUT2D eigenvalue weighted by Gasteiger charge is -2.32. The largest absolute Gasteiger partial charge is 0.339 e. The second kappa shape index (κ2) is 7.46. The van der Waals surface area contributed by atoms with Gasteiger partial charge < -0.3 is 9.80 Å². The van der Waals surface area contributed by atoms with E-state index in [1.165, 1.54) is 0 Å². The summed E-state index contributed by atoms with van der Waals surface area (Å²) in [7, 11) is 0. The summed E-state index contributed by atoms with van der Waals surface area (Å²) in [6.07, 6.45) is 2.86. The minimum Gasteiger partial charge on any atom is -0.339 e. The number of rotatable bonds is 4. The van der Waals surface area contributed by atoms with Crippen LogP contribution >= 0.6 is 23.1 Å². The number of amides is 2. The molecule has 5 nitrogen and oxygen atoms in total. The maximum atomic E-state index is 12.7. The molecule has 3 rings (SSSR count). The van der Waals surface area contributed by atoms with Crippen molar-refractivity contribution in [2.75, 3.05) is 31.1 Å². The van der Waals surface area contributed by atoms with Crippen molar-refractivity contribution >= 4 is 34.9 Å². The topological polar surface area (TPSA) is 53.5 Å². The van der Waals surface area contributed by atoms with Gasteiger partial charge in [-0.05, 0) is 19.3 Å². The zero-order valence-corrected chi connectivity index (χ0v) is 14.2. The highest BCUT2D eigenvalue weighted by atomic mass is 32.2. The van der Waals surface area contributed by atoms with E-state index >= 15 is 0 Å². The van der Waals surface area contributed by atoms with Crippen LogP contribution < -0.4 is 0 Å². The molecule has 0 aliphatic carbocycles. The van der Waals surface area contributed by atoms with Crippen LogP contribution in [0.15, 0.2) is 10.9 Å². The van der Waals surface area contributed by atoms with Gasteiger partial charge in [0.2, 0.25) is 11.8 Å². The van der Waals surface area contributed by atoms with Gasteiger partial charge in [-0.2, -0.15) is 11.8 Å². The van der Waals surface area contributed by atoms with Gasteiger partial charge in [0.15, 0.2) is 0 Å². The van der Waals surface area contributed by atoms with E-state index in [1.807, 2.05) is 22.0 Å². The number of nitrogens with zero attached hydrogens (tertiary/aromatic N) is 3. The zero-order valence-electron chi connectivity index (χ0n) is 12.6. The van der Waals surface area contributed by atoms with Gasteiger partial charge in [-0.3, -0.25) is 9.59 Å². The molecule has 7 heteroatoms. The number of aromatic nitrogens is 1. The smallest absolute Gasteiger partial charge is 0.245 e. The number of hydrogen-bond acceptors (Lipinski definition) is 5. The van der Waals surface area contributed by atoms with Gasteiger partial charge in [-0.15, -0.1) is 11.3 Å². The van der Waals surface area contributed by atoms with Crippen molar-refractivity contribution in [1.29, 1.82) is 0 Å². The molecular formula is C15H21N3O2S2. The molecule has 2 aliphatic rings. The van der Waals surface area contributed by atoms with Gasteiger partial charge in [-0.1, -0.05) is 0 Å². The fourth-order valence-electron chi connectivity index (χ4n) is 3.06. The van der Waals surface area contributed by atoms with E-state index in [-0.39, 0.29) is 17.9 Å². The highest BCUT2D eigenvalue weighted by Gasteiger charge is 2.36. The Bertz CT molecular complexity index is 515. The predicted molar refractivity (Wildman–Crippen MR) is 89.1 cm³/mol. The van der Waals surface area contributed by atoms with Crippen LogP contribution in [0.1, 0.15) is 25.0 Å². The maximum Gasteiger partial charge on any atom is 0.245 e. The summed E-state index contributed by atoms with van der Waals surface area (Å²) in [4.78, 5) is 33.1. The van der Waals surface area contributed by atoms with Crippen molar-refractivity contribution in [3.63, 3.8) is 0 Å². The second-order valence-corrected chi connectivity index (χ2v) is 7.61. The molecule has 0 radical (unpaired) electrons. The Morgan fingerprint density at radius 1 is 1.27 bits per heavy atom. The minimum atomic E-state index is -0.231. The monoisotopic (exact) mass is 339 g/mol. The molecule has 120 valence electrons. The summed E-state index contributed by atoms with van der Waals surface area (Å²) in [5.74, 6) is 2.27. The minimum absolute atomic E-state index is 0.0928. The summed E-state index contributed by atoms with van der Waals surface area (Å²) in [6, 6.07) is -0.231. The lowest BCUT2D eigenvalue weighted by molar-refractivity contribution is -0.143. The van der Waals surface area contributed by atoms with Crippen molar-refractivity contribution in [2.45, 2.75) is 31.7 Å². The number of thiazole rings is 1. The van der Waals surface area contributed by atoms with Crippen LogP contribution in [0.2, 0.25) is 0 Å². The zero-order chi connectivity index (χ0) is 15.4. The highest BCUT2D eigenvalue weighted by molar-refractivity contribution is 7.99. The van der Waals surface area contributed by atoms with Gasteiger partial charge >= 0.3 is 0 Å². The quantitative estimate of drug-likeness (QED) is 0.837. The third-order valence-corrected chi connectivity index (χ3v) is 5.84. The van der Waals surface area contributed by atoms with E-state index in [2.05, 4.69) is 4.98 Å². The summed E-state index contributed by atoms with van der Waals surface area (Å²) in [6.45, 7) is 2.36. The molecule has 0 unspecified atom stereocenters. The van der Waals surface area contributed by atoms with Gasteiger partial charge in [0.25, 0.3) is 0 Å². The van der Waals surface area contributed by atoms with Crippen LogP contribution in [-0.2, 0) is 16.0 Å². The third kappa shape index (κ3) is 3.63. The number of carbonyl (C=O) groups is 2. The van der Waals surface area contributed by atoms with Crippen molar-refractivity contribution in [3.8, 4) is 0 Å². The van der Waals surface area contributed by atoms with Gasteiger partial charge in [0.05, 0.1) is 11.2 Å². The molecule has 3 heterocycles. The average molecular weight is 339 g/mol. The second-order valence-electron chi connectivity index (χ2n) is 5.66. The molecule has 2 saturated heterocycles. The standard InChI is InChI=1S/C15H21N3O2S2/c19-14(4-3-12-10-22-11-16-12)18-5-1-2-13(18)15(20)17-6-8-21-9-7-17/h10-11,13H,1-9H2/t13-/m1/s1. The number of hydrogen-bond donors (Lipinski definition) is 0. The lowest BCUT2D eigenvalue weighted by atomic mass is 10.1. The molecule has 1 atom stereocenters. The molecule has 2 fully saturated rings. The van der Waals surface area contributed by atoms with E-state index < -0.39 is 0 Å². The Kier molecular flexibility index (Phi) is 5.36. The summed E-state index contributed by atoms with van der Waals surface area (Å²) in [5, 5.41) is 1.98. The van der Waals surface area contributed by atoms with Crippen molar-refractivity contribution < 1.29 is 9.59 Å². The predicted octanol–water partition coefficient (Wildman–Crippen LogP) is 1.64. The van der Waals surface area contributed by atoms with Gasteiger partial charge in [-0.25, -0.2) is 4.98 Å². The van der Waals surface area contributed by atoms with E-state index in [9.17, 15) is 9.59 Å². The average Bonchev–Trinajstić information content (AvgIpc) is 3.24. The van der Waals surface area contributed by atoms with Gasteiger partial charge in [0.1, 0.15) is 6.04 Å². The summed E-state index contributed by atoms with van der Waals surface area (Å²) in [5.41, 5.74) is 2.75. The highest BCUT2D eigenvalue weighted by Crippen LogP contribution is 2.22. The molecule has 0 N–H and O–H groups in total. The Morgan fingerprint density at radius 2 is 2.09 bits per heavy atom. The number of likely N-dealkylation sites (tertiary alicyclic amines) is 1. The lowest BCUT2D eigenvalue weighted by Crippen LogP contribution is -2.50. The van der Waals surface area contributed by atoms with Crippen molar-refractivity contribution in [1.82, 2.24) is 14.8 Å². The molecule has 0 spiro atoms. The first-order valence-corrected chi connectivity index (χ1v) is 9.88. The maximum absolute atomic E-state index is 12.7. The van der Waals surface area contributed by atoms with E-state index in [0.717, 1.165) is 49.7 Å². The van der Waals surface area contributed by atoms with Crippen LogP contribution in [0, 0.1) is 0 Å². The Morgan fingerprint density at radius 3 is 2.82 bits per heavy atom. The van der Waals surface area contributed by atoms with E-state index in [0.29, 0.717) is 12.8 Å². The van der Waals surface area contributed by atoms with Gasteiger partial charge in [0, 0.05) is 42.9 Å². The molecule has 0 bridgehead atoms. The molecular weight excluding hydrogens is 318 g/mol. The van der Waals surface area contributed by atoms with Crippen LogP contribution in [0.5, 0.6) is 0 Å². The first-order chi connectivity index (χ1) is 10.8. The van der Waals surface area contributed by atoms with Crippen LogP contribution in [0.4, 0.5) is 0 Å². The number of aryl methyl sites for hydroxylation is 1. The molecule has 1 aromatic heterocycles. The molecule has 22 heavy (non-hydrogen) atoms. The van der Waals surface area contributed by atoms with Crippen LogP contribution in [-0.4, -0.2) is 63.8 Å². The third-order valence-electron chi connectivity index (χ3n) is 4.26. The van der Waals surface area contributed by atoms with Crippen LogP contribution in [0.3, 0.4) is 0 Å². The Hall–Kier alpha value is -1.08. The van der Waals surface area contributed by atoms with Crippen molar-refractivity contribution in [3.05, 3.63) is 16.6 Å². The van der Waals surface area contributed by atoms with E-state index in [1.54, 1.807) is 21.7 Å². The fourth-order valence-corrected chi connectivity index (χ4v) is 4.55. The fraction of sp³-hybridized carbons (Fsp3) is 0.667. The SMILES string of the molecule is O=C([C@H]1CCCN1C(=O)CCc1cscn1)N1CCSCC1. The first kappa shape index (κ1) is 15.8. The number of thioether (sulfide) groups is 1. The summed E-state index contributed by atoms with van der Waals surface area (Å²) >= 11 is 3.44. The molecule has 2 amide bonds. The van der Waals surface area contributed by atoms with E-state index in [4.69, 9.17) is 0 Å². The normalized spacial score (nSPS) is 22.1. The first-order valence-electron chi connectivity index (χ1n) is 7.79.